The molecule has 1 aromatic heterocycles. The fourth-order valence-electron chi connectivity index (χ4n) is 2.26. The lowest BCUT2D eigenvalue weighted by atomic mass is 9.98. The minimum Gasteiger partial charge on any atom is -0.497 e. The van der Waals surface area contributed by atoms with Crippen LogP contribution in [-0.4, -0.2) is 29.3 Å². The van der Waals surface area contributed by atoms with Crippen LogP contribution in [0.3, 0.4) is 0 Å². The van der Waals surface area contributed by atoms with Crippen LogP contribution in [0.1, 0.15) is 42.1 Å². The molecule has 5 nitrogen and oxygen atoms in total. The van der Waals surface area contributed by atoms with Crippen LogP contribution in [0.5, 0.6) is 5.75 Å². The molecule has 0 radical (unpaired) electrons. The van der Waals surface area contributed by atoms with Crippen molar-refractivity contribution >= 4 is 5.91 Å². The van der Waals surface area contributed by atoms with Gasteiger partial charge in [-0.15, -0.1) is 0 Å². The number of benzene rings is 1. The van der Waals surface area contributed by atoms with Crippen LogP contribution in [0.15, 0.2) is 36.7 Å². The largest absolute Gasteiger partial charge is 0.497 e. The van der Waals surface area contributed by atoms with E-state index in [-0.39, 0.29) is 5.91 Å². The smallest absolute Gasteiger partial charge is 0.254 e. The van der Waals surface area contributed by atoms with Crippen molar-refractivity contribution in [1.82, 2.24) is 15.1 Å². The Labute approximate surface area is 131 Å². The molecule has 0 saturated carbocycles. The minimum absolute atomic E-state index is 0.0679. The van der Waals surface area contributed by atoms with Crippen molar-refractivity contribution in [3.63, 3.8) is 0 Å². The summed E-state index contributed by atoms with van der Waals surface area (Å²) in [5.74, 6) is 1.17. The maximum atomic E-state index is 12.0. The maximum absolute atomic E-state index is 12.0. The second kappa shape index (κ2) is 7.64. The Morgan fingerprint density at radius 3 is 2.68 bits per heavy atom. The molecule has 22 heavy (non-hydrogen) atoms. The lowest BCUT2D eigenvalue weighted by molar-refractivity contribution is 0.0952. The SMILES string of the molecule is CCn1cc(C(=O)NCC[C@@H](C)c2ccc(OC)cc2)cn1. The zero-order valence-corrected chi connectivity index (χ0v) is 13.4. The first-order chi connectivity index (χ1) is 10.6. The fraction of sp³-hybridized carbons (Fsp3) is 0.412. The van der Waals surface area contributed by atoms with Crippen molar-refractivity contribution in [2.45, 2.75) is 32.7 Å². The summed E-state index contributed by atoms with van der Waals surface area (Å²) in [6.07, 6.45) is 4.26. The van der Waals surface area contributed by atoms with Gasteiger partial charge in [0.2, 0.25) is 0 Å². The lowest BCUT2D eigenvalue weighted by Crippen LogP contribution is -2.25. The normalized spacial score (nSPS) is 12.0. The van der Waals surface area contributed by atoms with Gasteiger partial charge in [-0.05, 0) is 37.0 Å². The highest BCUT2D eigenvalue weighted by Crippen LogP contribution is 2.21. The van der Waals surface area contributed by atoms with Crippen LogP contribution in [0, 0.1) is 0 Å². The van der Waals surface area contributed by atoms with Crippen molar-refractivity contribution in [2.75, 3.05) is 13.7 Å². The molecule has 0 saturated heterocycles. The van der Waals surface area contributed by atoms with Crippen LogP contribution in [0.4, 0.5) is 0 Å². The van der Waals surface area contributed by atoms with Gasteiger partial charge in [-0.25, -0.2) is 0 Å². The molecule has 1 N–H and O–H groups in total. The third kappa shape index (κ3) is 4.10. The highest BCUT2D eigenvalue weighted by Gasteiger charge is 2.10. The summed E-state index contributed by atoms with van der Waals surface area (Å²) in [7, 11) is 1.66. The van der Waals surface area contributed by atoms with E-state index in [2.05, 4.69) is 29.5 Å². The Morgan fingerprint density at radius 1 is 1.36 bits per heavy atom. The maximum Gasteiger partial charge on any atom is 0.254 e. The molecule has 1 aromatic carbocycles. The molecular weight excluding hydrogens is 278 g/mol. The molecule has 2 rings (SSSR count). The van der Waals surface area contributed by atoms with Gasteiger partial charge < -0.3 is 10.1 Å². The fourth-order valence-corrected chi connectivity index (χ4v) is 2.26. The topological polar surface area (TPSA) is 56.2 Å². The molecule has 5 heteroatoms. The van der Waals surface area contributed by atoms with Crippen molar-refractivity contribution in [3.05, 3.63) is 47.8 Å². The highest BCUT2D eigenvalue weighted by atomic mass is 16.5. The van der Waals surface area contributed by atoms with Crippen LogP contribution >= 0.6 is 0 Å². The summed E-state index contributed by atoms with van der Waals surface area (Å²) in [6, 6.07) is 8.06. The van der Waals surface area contributed by atoms with Gasteiger partial charge in [-0.3, -0.25) is 9.48 Å². The summed E-state index contributed by atoms with van der Waals surface area (Å²) in [4.78, 5) is 12.0. The number of methoxy groups -OCH3 is 1. The molecule has 0 aliphatic carbocycles. The molecule has 0 unspecified atom stereocenters. The predicted octanol–water partition coefficient (Wildman–Crippen LogP) is 2.84. The first-order valence-electron chi connectivity index (χ1n) is 7.58. The summed E-state index contributed by atoms with van der Waals surface area (Å²) in [5.41, 5.74) is 1.85. The van der Waals surface area contributed by atoms with Crippen molar-refractivity contribution in [1.29, 1.82) is 0 Å². The molecular formula is C17H23N3O2. The molecule has 2 aromatic rings. The van der Waals surface area contributed by atoms with E-state index in [0.717, 1.165) is 18.7 Å². The van der Waals surface area contributed by atoms with Crippen LogP contribution in [0.25, 0.3) is 0 Å². The zero-order valence-electron chi connectivity index (χ0n) is 13.4. The van der Waals surface area contributed by atoms with Gasteiger partial charge >= 0.3 is 0 Å². The van der Waals surface area contributed by atoms with Gasteiger partial charge in [0, 0.05) is 19.3 Å². The quantitative estimate of drug-likeness (QED) is 0.855. The van der Waals surface area contributed by atoms with Crippen molar-refractivity contribution in [3.8, 4) is 5.75 Å². The summed E-state index contributed by atoms with van der Waals surface area (Å²) >= 11 is 0. The third-order valence-electron chi connectivity index (χ3n) is 3.77. The number of aromatic nitrogens is 2. The number of ether oxygens (including phenoxy) is 1. The van der Waals surface area contributed by atoms with E-state index in [1.54, 1.807) is 24.2 Å². The van der Waals surface area contributed by atoms with Gasteiger partial charge in [0.05, 0.1) is 18.9 Å². The van der Waals surface area contributed by atoms with Crippen molar-refractivity contribution in [2.24, 2.45) is 0 Å². The molecule has 0 fully saturated rings. The first-order valence-corrected chi connectivity index (χ1v) is 7.58. The average molecular weight is 301 g/mol. The number of carbonyl (C=O) groups excluding carboxylic acids is 1. The van der Waals surface area contributed by atoms with E-state index in [0.29, 0.717) is 18.0 Å². The number of amides is 1. The van der Waals surface area contributed by atoms with Gasteiger partial charge in [0.1, 0.15) is 5.75 Å². The monoisotopic (exact) mass is 301 g/mol. The number of nitrogens with one attached hydrogen (secondary N) is 1. The third-order valence-corrected chi connectivity index (χ3v) is 3.77. The molecule has 0 spiro atoms. The van der Waals surface area contributed by atoms with E-state index < -0.39 is 0 Å². The molecule has 0 bridgehead atoms. The number of hydrogen-bond donors (Lipinski definition) is 1. The molecule has 1 amide bonds. The Kier molecular flexibility index (Phi) is 5.58. The van der Waals surface area contributed by atoms with Gasteiger partial charge in [0.25, 0.3) is 5.91 Å². The van der Waals surface area contributed by atoms with E-state index in [1.807, 2.05) is 19.1 Å². The first kappa shape index (κ1) is 16.1. The Bertz CT molecular complexity index is 605. The van der Waals surface area contributed by atoms with Crippen molar-refractivity contribution < 1.29 is 9.53 Å². The predicted molar refractivity (Wildman–Crippen MR) is 86.3 cm³/mol. The van der Waals surface area contributed by atoms with E-state index in [9.17, 15) is 4.79 Å². The standard InChI is InChI=1S/C17H23N3O2/c1-4-20-12-15(11-19-20)17(21)18-10-9-13(2)14-5-7-16(22-3)8-6-14/h5-8,11-13H,4,9-10H2,1-3H3,(H,18,21)/t13-/m1/s1. The van der Waals surface area contributed by atoms with Crippen LogP contribution in [-0.2, 0) is 6.54 Å². The molecule has 1 atom stereocenters. The second-order valence-electron chi connectivity index (χ2n) is 5.30. The Hall–Kier alpha value is -2.30. The van der Waals surface area contributed by atoms with Gasteiger partial charge in [-0.1, -0.05) is 19.1 Å². The minimum atomic E-state index is -0.0679. The number of hydrogen-bond acceptors (Lipinski definition) is 3. The Morgan fingerprint density at radius 2 is 2.09 bits per heavy atom. The summed E-state index contributed by atoms with van der Waals surface area (Å²) in [6.45, 7) is 5.55. The average Bonchev–Trinajstić information content (AvgIpc) is 3.04. The molecule has 1 heterocycles. The van der Waals surface area contributed by atoms with Gasteiger partial charge in [0.15, 0.2) is 0 Å². The summed E-state index contributed by atoms with van der Waals surface area (Å²) in [5, 5.41) is 7.05. The number of aryl methyl sites for hydroxylation is 1. The number of carbonyl (C=O) groups is 1. The van der Waals surface area contributed by atoms with Crippen LogP contribution in [0.2, 0.25) is 0 Å². The van der Waals surface area contributed by atoms with E-state index >= 15 is 0 Å². The molecule has 118 valence electrons. The number of nitrogens with zero attached hydrogens (tertiary/aromatic N) is 2. The van der Waals surface area contributed by atoms with Crippen LogP contribution < -0.4 is 10.1 Å². The Balaban J connectivity index is 1.80. The lowest BCUT2D eigenvalue weighted by Gasteiger charge is -2.13. The zero-order chi connectivity index (χ0) is 15.9. The van der Waals surface area contributed by atoms with E-state index in [4.69, 9.17) is 4.74 Å². The molecule has 0 aliphatic heterocycles. The number of rotatable bonds is 7. The van der Waals surface area contributed by atoms with Gasteiger partial charge in [-0.2, -0.15) is 5.10 Å². The molecule has 0 aliphatic rings. The highest BCUT2D eigenvalue weighted by molar-refractivity contribution is 5.93. The second-order valence-corrected chi connectivity index (χ2v) is 5.30. The van der Waals surface area contributed by atoms with E-state index in [1.165, 1.54) is 5.56 Å². The summed E-state index contributed by atoms with van der Waals surface area (Å²) < 4.78 is 6.90.